The fourth-order valence-electron chi connectivity index (χ4n) is 2.88. The van der Waals surface area contributed by atoms with Crippen molar-refractivity contribution < 1.29 is 19.4 Å². The quantitative estimate of drug-likeness (QED) is 0.900. The number of carboxylic acid groups (broad SMARTS) is 1. The minimum atomic E-state index is -0.888. The highest BCUT2D eigenvalue weighted by atomic mass is 16.7. The molecule has 4 nitrogen and oxygen atoms in total. The SMILES string of the molecule is O=C(O)c1cccc(C=C2CCC3(CC2)OCCO3)c1. The predicted molar refractivity (Wildman–Crippen MR) is 74.5 cm³/mol. The number of ether oxygens (including phenoxy) is 2. The molecular weight excluding hydrogens is 256 g/mol. The van der Waals surface area contributed by atoms with Crippen LogP contribution < -0.4 is 0 Å². The molecule has 0 bridgehead atoms. The first-order valence-electron chi connectivity index (χ1n) is 6.98. The zero-order chi connectivity index (χ0) is 14.0. The third-order valence-corrected chi connectivity index (χ3v) is 3.97. The van der Waals surface area contributed by atoms with Gasteiger partial charge in [0.25, 0.3) is 0 Å². The van der Waals surface area contributed by atoms with Gasteiger partial charge in [0.05, 0.1) is 18.8 Å². The topological polar surface area (TPSA) is 55.8 Å². The van der Waals surface area contributed by atoms with E-state index in [0.717, 1.165) is 31.2 Å². The molecule has 1 N–H and O–H groups in total. The lowest BCUT2D eigenvalue weighted by atomic mass is 9.88. The Hall–Kier alpha value is -1.65. The van der Waals surface area contributed by atoms with Gasteiger partial charge in [-0.25, -0.2) is 4.79 Å². The summed E-state index contributed by atoms with van der Waals surface area (Å²) in [6, 6.07) is 7.04. The molecule has 0 unspecified atom stereocenters. The van der Waals surface area contributed by atoms with Gasteiger partial charge in [-0.1, -0.05) is 23.8 Å². The smallest absolute Gasteiger partial charge is 0.335 e. The second-order valence-corrected chi connectivity index (χ2v) is 5.34. The van der Waals surface area contributed by atoms with Crippen molar-refractivity contribution in [2.75, 3.05) is 13.2 Å². The molecule has 106 valence electrons. The van der Waals surface area contributed by atoms with E-state index in [1.165, 1.54) is 5.57 Å². The molecule has 0 aromatic heterocycles. The average molecular weight is 274 g/mol. The van der Waals surface area contributed by atoms with Gasteiger partial charge >= 0.3 is 5.97 Å². The van der Waals surface area contributed by atoms with Gasteiger partial charge in [0.2, 0.25) is 0 Å². The lowest BCUT2D eigenvalue weighted by Crippen LogP contribution is -2.33. The molecule has 1 saturated carbocycles. The van der Waals surface area contributed by atoms with Crippen molar-refractivity contribution in [1.82, 2.24) is 0 Å². The van der Waals surface area contributed by atoms with E-state index in [1.54, 1.807) is 18.2 Å². The van der Waals surface area contributed by atoms with Crippen LogP contribution in [-0.2, 0) is 9.47 Å². The number of benzene rings is 1. The van der Waals surface area contributed by atoms with Crippen LogP contribution in [0.4, 0.5) is 0 Å². The summed E-state index contributed by atoms with van der Waals surface area (Å²) in [6.45, 7) is 1.39. The van der Waals surface area contributed by atoms with Gasteiger partial charge in [-0.15, -0.1) is 0 Å². The van der Waals surface area contributed by atoms with Crippen LogP contribution in [0.5, 0.6) is 0 Å². The molecule has 1 aliphatic heterocycles. The molecule has 0 atom stereocenters. The van der Waals surface area contributed by atoms with Crippen LogP contribution in [0, 0.1) is 0 Å². The van der Waals surface area contributed by atoms with E-state index in [1.807, 2.05) is 6.07 Å². The molecule has 2 fully saturated rings. The van der Waals surface area contributed by atoms with Crippen LogP contribution in [-0.4, -0.2) is 30.1 Å². The van der Waals surface area contributed by atoms with E-state index in [4.69, 9.17) is 14.6 Å². The first-order chi connectivity index (χ1) is 9.67. The van der Waals surface area contributed by atoms with Crippen molar-refractivity contribution >= 4 is 12.0 Å². The Morgan fingerprint density at radius 1 is 1.20 bits per heavy atom. The normalized spacial score (nSPS) is 21.1. The summed E-state index contributed by atoms with van der Waals surface area (Å²) in [4.78, 5) is 11.0. The minimum Gasteiger partial charge on any atom is -0.478 e. The minimum absolute atomic E-state index is 0.328. The summed E-state index contributed by atoms with van der Waals surface area (Å²) < 4.78 is 11.4. The number of carbonyl (C=O) groups is 1. The second-order valence-electron chi connectivity index (χ2n) is 5.34. The Morgan fingerprint density at radius 3 is 2.55 bits per heavy atom. The lowest BCUT2D eigenvalue weighted by Gasteiger charge is -2.32. The van der Waals surface area contributed by atoms with Crippen molar-refractivity contribution in [1.29, 1.82) is 0 Å². The average Bonchev–Trinajstić information content (AvgIpc) is 2.90. The van der Waals surface area contributed by atoms with Crippen molar-refractivity contribution in [2.45, 2.75) is 31.5 Å². The maximum atomic E-state index is 11.0. The van der Waals surface area contributed by atoms with Crippen LogP contribution in [0.25, 0.3) is 6.08 Å². The van der Waals surface area contributed by atoms with E-state index in [2.05, 4.69) is 6.08 Å². The van der Waals surface area contributed by atoms with Gasteiger partial charge in [0.15, 0.2) is 5.79 Å². The molecule has 1 aromatic carbocycles. The predicted octanol–water partition coefficient (Wildman–Crippen LogP) is 3.09. The fraction of sp³-hybridized carbons (Fsp3) is 0.438. The monoisotopic (exact) mass is 274 g/mol. The van der Waals surface area contributed by atoms with Crippen LogP contribution in [0.1, 0.15) is 41.6 Å². The number of hydrogen-bond donors (Lipinski definition) is 1. The Kier molecular flexibility index (Phi) is 3.59. The molecule has 0 radical (unpaired) electrons. The maximum absolute atomic E-state index is 11.0. The highest BCUT2D eigenvalue weighted by Gasteiger charge is 2.38. The number of allylic oxidation sites excluding steroid dienone is 1. The largest absolute Gasteiger partial charge is 0.478 e. The molecule has 20 heavy (non-hydrogen) atoms. The molecule has 1 heterocycles. The van der Waals surface area contributed by atoms with Crippen molar-refractivity contribution in [3.8, 4) is 0 Å². The van der Waals surface area contributed by atoms with Gasteiger partial charge in [-0.05, 0) is 30.5 Å². The van der Waals surface area contributed by atoms with Crippen molar-refractivity contribution in [2.24, 2.45) is 0 Å². The van der Waals surface area contributed by atoms with Gasteiger partial charge < -0.3 is 14.6 Å². The number of aromatic carboxylic acids is 1. The third-order valence-electron chi connectivity index (χ3n) is 3.97. The van der Waals surface area contributed by atoms with Gasteiger partial charge in [-0.3, -0.25) is 0 Å². The number of carboxylic acids is 1. The summed E-state index contributed by atoms with van der Waals surface area (Å²) >= 11 is 0. The Bertz CT molecular complexity index is 529. The summed E-state index contributed by atoms with van der Waals surface area (Å²) in [7, 11) is 0. The Balaban J connectivity index is 1.71. The van der Waals surface area contributed by atoms with Gasteiger partial charge in [-0.2, -0.15) is 0 Å². The Labute approximate surface area is 118 Å². The highest BCUT2D eigenvalue weighted by Crippen LogP contribution is 2.38. The molecule has 2 aliphatic rings. The van der Waals surface area contributed by atoms with Gasteiger partial charge in [0.1, 0.15) is 0 Å². The molecule has 1 spiro atoms. The molecular formula is C16H18O4. The van der Waals surface area contributed by atoms with Crippen molar-refractivity contribution in [3.05, 3.63) is 41.0 Å². The van der Waals surface area contributed by atoms with E-state index in [9.17, 15) is 4.79 Å². The van der Waals surface area contributed by atoms with E-state index in [-0.39, 0.29) is 5.79 Å². The van der Waals surface area contributed by atoms with E-state index < -0.39 is 5.97 Å². The third kappa shape index (κ3) is 2.76. The van der Waals surface area contributed by atoms with E-state index >= 15 is 0 Å². The number of hydrogen-bond acceptors (Lipinski definition) is 3. The van der Waals surface area contributed by atoms with Crippen LogP contribution in [0.15, 0.2) is 29.8 Å². The zero-order valence-corrected chi connectivity index (χ0v) is 11.3. The fourth-order valence-corrected chi connectivity index (χ4v) is 2.88. The second kappa shape index (κ2) is 5.38. The lowest BCUT2D eigenvalue weighted by molar-refractivity contribution is -0.171. The summed E-state index contributed by atoms with van der Waals surface area (Å²) in [5.41, 5.74) is 2.61. The van der Waals surface area contributed by atoms with Crippen LogP contribution >= 0.6 is 0 Å². The molecule has 0 amide bonds. The summed E-state index contributed by atoms with van der Waals surface area (Å²) in [5, 5.41) is 9.00. The van der Waals surface area contributed by atoms with E-state index in [0.29, 0.717) is 18.8 Å². The summed E-state index contributed by atoms with van der Waals surface area (Å²) in [6.07, 6.45) is 5.75. The molecule has 1 aromatic rings. The molecule has 4 heteroatoms. The van der Waals surface area contributed by atoms with Gasteiger partial charge in [0, 0.05) is 12.8 Å². The number of rotatable bonds is 2. The standard InChI is InChI=1S/C16H18O4/c17-15(18)14-3-1-2-13(11-14)10-12-4-6-16(7-5-12)19-8-9-20-16/h1-3,10-11H,4-9H2,(H,17,18). The van der Waals surface area contributed by atoms with Crippen molar-refractivity contribution in [3.63, 3.8) is 0 Å². The summed E-state index contributed by atoms with van der Waals surface area (Å²) in [5.74, 6) is -1.24. The molecule has 1 saturated heterocycles. The molecule has 3 rings (SSSR count). The molecule has 1 aliphatic carbocycles. The first-order valence-corrected chi connectivity index (χ1v) is 6.98. The maximum Gasteiger partial charge on any atom is 0.335 e. The van der Waals surface area contributed by atoms with Crippen LogP contribution in [0.2, 0.25) is 0 Å². The highest BCUT2D eigenvalue weighted by molar-refractivity contribution is 5.88. The Morgan fingerprint density at radius 2 is 1.90 bits per heavy atom. The van der Waals surface area contributed by atoms with Crippen LogP contribution in [0.3, 0.4) is 0 Å². The first kappa shape index (κ1) is 13.3. The zero-order valence-electron chi connectivity index (χ0n) is 11.3.